The molecule has 5 heteroatoms. The number of aryl methyl sites for hydroxylation is 1. The van der Waals surface area contributed by atoms with Gasteiger partial charge in [0.05, 0.1) is 5.69 Å². The molecule has 0 bridgehead atoms. The van der Waals surface area contributed by atoms with E-state index in [9.17, 15) is 0 Å². The van der Waals surface area contributed by atoms with E-state index < -0.39 is 0 Å². The minimum absolute atomic E-state index is 0.119. The first-order valence-electron chi connectivity index (χ1n) is 6.70. The summed E-state index contributed by atoms with van der Waals surface area (Å²) in [5.41, 5.74) is 1.16. The Kier molecular flexibility index (Phi) is 5.28. The summed E-state index contributed by atoms with van der Waals surface area (Å²) in [6.07, 6.45) is 4.00. The van der Waals surface area contributed by atoms with Crippen LogP contribution in [0.15, 0.2) is 6.20 Å². The fraction of sp³-hybridized carbons (Fsp3) is 0.846. The molecule has 0 saturated carbocycles. The highest BCUT2D eigenvalue weighted by Gasteiger charge is 2.34. The Morgan fingerprint density at radius 2 is 2.11 bits per heavy atom. The van der Waals surface area contributed by atoms with Crippen molar-refractivity contribution in [2.75, 3.05) is 20.6 Å². The Bertz CT molecular complexity index is 360. The van der Waals surface area contributed by atoms with Gasteiger partial charge in [0.25, 0.3) is 0 Å². The standard InChI is InChI=1S/C13H27N5/c1-7-13(3,17(4)5)12(14-8-2)9-11-10-18(6)16-15-11/h10,12,14H,7-9H2,1-6H3. The van der Waals surface area contributed by atoms with Crippen LogP contribution < -0.4 is 5.32 Å². The number of aromatic nitrogens is 3. The molecule has 1 heterocycles. The molecule has 0 aliphatic heterocycles. The van der Waals surface area contributed by atoms with Crippen LogP contribution >= 0.6 is 0 Å². The largest absolute Gasteiger partial charge is 0.312 e. The minimum atomic E-state index is 0.119. The van der Waals surface area contributed by atoms with Gasteiger partial charge in [-0.3, -0.25) is 4.68 Å². The maximum atomic E-state index is 4.20. The second-order valence-electron chi connectivity index (χ2n) is 5.30. The molecule has 0 aromatic carbocycles. The second kappa shape index (κ2) is 6.29. The highest BCUT2D eigenvalue weighted by Crippen LogP contribution is 2.23. The Morgan fingerprint density at radius 1 is 1.44 bits per heavy atom. The van der Waals surface area contributed by atoms with Crippen molar-refractivity contribution in [1.82, 2.24) is 25.2 Å². The summed E-state index contributed by atoms with van der Waals surface area (Å²) in [4.78, 5) is 2.30. The second-order valence-corrected chi connectivity index (χ2v) is 5.30. The van der Waals surface area contributed by atoms with Gasteiger partial charge in [0.2, 0.25) is 0 Å². The third kappa shape index (κ3) is 3.29. The van der Waals surface area contributed by atoms with Gasteiger partial charge in [-0.05, 0) is 34.0 Å². The van der Waals surface area contributed by atoms with Crippen LogP contribution in [-0.4, -0.2) is 52.1 Å². The highest BCUT2D eigenvalue weighted by atomic mass is 15.4. The summed E-state index contributed by atoms with van der Waals surface area (Å²) in [5.74, 6) is 0. The molecule has 0 saturated heterocycles. The SMILES string of the molecule is CCNC(Cc1cn(C)nn1)C(C)(CC)N(C)C. The minimum Gasteiger partial charge on any atom is -0.312 e. The van der Waals surface area contributed by atoms with Crippen LogP contribution in [0.5, 0.6) is 0 Å². The Hall–Kier alpha value is -0.940. The summed E-state index contributed by atoms with van der Waals surface area (Å²) < 4.78 is 1.76. The smallest absolute Gasteiger partial charge is 0.0843 e. The van der Waals surface area contributed by atoms with Crippen molar-refractivity contribution in [2.24, 2.45) is 7.05 Å². The molecule has 0 aliphatic rings. The zero-order chi connectivity index (χ0) is 13.8. The monoisotopic (exact) mass is 253 g/mol. The number of nitrogens with zero attached hydrogens (tertiary/aromatic N) is 4. The lowest BCUT2D eigenvalue weighted by Crippen LogP contribution is -2.57. The van der Waals surface area contributed by atoms with Gasteiger partial charge >= 0.3 is 0 Å². The molecule has 0 fully saturated rings. The first-order chi connectivity index (χ1) is 8.43. The van der Waals surface area contributed by atoms with Crippen molar-refractivity contribution in [3.8, 4) is 0 Å². The van der Waals surface area contributed by atoms with Crippen LogP contribution in [0, 0.1) is 0 Å². The molecule has 2 unspecified atom stereocenters. The van der Waals surface area contributed by atoms with Crippen LogP contribution in [-0.2, 0) is 13.5 Å². The molecular weight excluding hydrogens is 226 g/mol. The predicted molar refractivity (Wildman–Crippen MR) is 74.6 cm³/mol. The first-order valence-corrected chi connectivity index (χ1v) is 6.70. The van der Waals surface area contributed by atoms with Crippen molar-refractivity contribution in [3.05, 3.63) is 11.9 Å². The van der Waals surface area contributed by atoms with Crippen LogP contribution in [0.25, 0.3) is 0 Å². The molecule has 0 aliphatic carbocycles. The summed E-state index contributed by atoms with van der Waals surface area (Å²) in [6, 6.07) is 0.374. The first kappa shape index (κ1) is 15.1. The highest BCUT2D eigenvalue weighted by molar-refractivity contribution is 5.03. The normalized spacial score (nSPS) is 16.8. The van der Waals surface area contributed by atoms with Gasteiger partial charge in [-0.1, -0.05) is 19.1 Å². The van der Waals surface area contributed by atoms with Gasteiger partial charge in [-0.25, -0.2) is 0 Å². The average molecular weight is 253 g/mol. The van der Waals surface area contributed by atoms with E-state index in [-0.39, 0.29) is 5.54 Å². The summed E-state index contributed by atoms with van der Waals surface area (Å²) in [5, 5.41) is 11.8. The van der Waals surface area contributed by atoms with Gasteiger partial charge in [0.1, 0.15) is 0 Å². The van der Waals surface area contributed by atoms with Gasteiger partial charge in [-0.15, -0.1) is 5.10 Å². The third-order valence-electron chi connectivity index (χ3n) is 4.00. The Labute approximate surface area is 111 Å². The zero-order valence-electron chi connectivity index (χ0n) is 12.6. The van der Waals surface area contributed by atoms with Gasteiger partial charge in [0.15, 0.2) is 0 Å². The van der Waals surface area contributed by atoms with E-state index in [2.05, 4.69) is 55.4 Å². The number of hydrogen-bond acceptors (Lipinski definition) is 4. The van der Waals surface area contributed by atoms with Gasteiger partial charge in [0, 0.05) is 31.2 Å². The molecule has 5 nitrogen and oxygen atoms in total. The molecule has 0 amide bonds. The average Bonchev–Trinajstić information content (AvgIpc) is 2.73. The molecule has 1 N–H and O–H groups in total. The van der Waals surface area contributed by atoms with Crippen molar-refractivity contribution in [1.29, 1.82) is 0 Å². The molecule has 1 aromatic heterocycles. The Balaban J connectivity index is 2.87. The van der Waals surface area contributed by atoms with Crippen molar-refractivity contribution < 1.29 is 0 Å². The summed E-state index contributed by atoms with van der Waals surface area (Å²) in [7, 11) is 6.19. The van der Waals surface area contributed by atoms with Crippen molar-refractivity contribution in [3.63, 3.8) is 0 Å². The van der Waals surface area contributed by atoms with Crippen molar-refractivity contribution >= 4 is 0 Å². The lowest BCUT2D eigenvalue weighted by atomic mass is 9.85. The van der Waals surface area contributed by atoms with E-state index in [0.717, 1.165) is 25.1 Å². The molecule has 0 radical (unpaired) electrons. The number of rotatable bonds is 7. The fourth-order valence-corrected chi connectivity index (χ4v) is 2.33. The Morgan fingerprint density at radius 3 is 2.50 bits per heavy atom. The third-order valence-corrected chi connectivity index (χ3v) is 4.00. The van der Waals surface area contributed by atoms with Gasteiger partial charge < -0.3 is 10.2 Å². The zero-order valence-corrected chi connectivity index (χ0v) is 12.6. The van der Waals surface area contributed by atoms with Crippen LogP contribution in [0.2, 0.25) is 0 Å². The summed E-state index contributed by atoms with van der Waals surface area (Å²) in [6.45, 7) is 7.65. The van der Waals surface area contributed by atoms with Crippen LogP contribution in [0.3, 0.4) is 0 Å². The molecule has 1 aromatic rings. The van der Waals surface area contributed by atoms with Crippen LogP contribution in [0.4, 0.5) is 0 Å². The number of nitrogens with one attached hydrogen (secondary N) is 1. The lowest BCUT2D eigenvalue weighted by molar-refractivity contribution is 0.113. The molecule has 1 rings (SSSR count). The predicted octanol–water partition coefficient (Wildman–Crippen LogP) is 1.07. The molecular formula is C13H27N5. The maximum absolute atomic E-state index is 4.20. The number of hydrogen-bond donors (Lipinski definition) is 1. The van der Waals surface area contributed by atoms with E-state index in [4.69, 9.17) is 0 Å². The van der Waals surface area contributed by atoms with Crippen LogP contribution in [0.1, 0.15) is 32.9 Å². The van der Waals surface area contributed by atoms with Gasteiger partial charge in [-0.2, -0.15) is 0 Å². The number of likely N-dealkylation sites (N-methyl/N-ethyl adjacent to an activating group) is 2. The maximum Gasteiger partial charge on any atom is 0.0843 e. The van der Waals surface area contributed by atoms with E-state index in [1.54, 1.807) is 4.68 Å². The molecule has 104 valence electrons. The fourth-order valence-electron chi connectivity index (χ4n) is 2.33. The van der Waals surface area contributed by atoms with E-state index in [0.29, 0.717) is 6.04 Å². The van der Waals surface area contributed by atoms with E-state index >= 15 is 0 Å². The molecule has 0 spiro atoms. The summed E-state index contributed by atoms with van der Waals surface area (Å²) >= 11 is 0. The topological polar surface area (TPSA) is 46.0 Å². The quantitative estimate of drug-likeness (QED) is 0.789. The van der Waals surface area contributed by atoms with Crippen molar-refractivity contribution in [2.45, 2.75) is 45.2 Å². The molecule has 2 atom stereocenters. The van der Waals surface area contributed by atoms with E-state index in [1.807, 2.05) is 13.2 Å². The van der Waals surface area contributed by atoms with E-state index in [1.165, 1.54) is 0 Å². The molecule has 18 heavy (non-hydrogen) atoms. The lowest BCUT2D eigenvalue weighted by Gasteiger charge is -2.43.